The van der Waals surface area contributed by atoms with Gasteiger partial charge in [0.2, 0.25) is 11.8 Å². The molecular weight excluding hydrogens is 534 g/mol. The lowest BCUT2D eigenvalue weighted by Crippen LogP contribution is -2.52. The fraction of sp³-hybridized carbons (Fsp3) is 0.500. The van der Waals surface area contributed by atoms with E-state index in [1.54, 1.807) is 30.0 Å². The molecule has 0 aromatic carbocycles. The van der Waals surface area contributed by atoms with Crippen LogP contribution in [0.4, 0.5) is 0 Å². The standard InChI is InChI=1S/C22H26ClN3O6S3/c1-14(21(29)24-10-3-2-4-11-24)25-12-9-15(22(25)30)26(13-19(27)28)35(31,32)20-8-6-17(34-20)16-5-7-18(23)33-16/h5-8,14-15H,2-4,9-13H2,1H3,(H,27,28)/t14-,15-/m0/s1. The van der Waals surface area contributed by atoms with Crippen LogP contribution in [-0.2, 0) is 24.4 Å². The Morgan fingerprint density at radius 2 is 1.77 bits per heavy atom. The van der Waals surface area contributed by atoms with Crippen LogP contribution in [0.3, 0.4) is 0 Å². The first-order valence-corrected chi connectivity index (χ1v) is 14.7. The van der Waals surface area contributed by atoms with Gasteiger partial charge in [-0.3, -0.25) is 14.4 Å². The van der Waals surface area contributed by atoms with Crippen molar-refractivity contribution in [3.8, 4) is 9.75 Å². The number of likely N-dealkylation sites (tertiary alicyclic amines) is 2. The normalized spacial score (nSPS) is 20.0. The molecule has 4 rings (SSSR count). The van der Waals surface area contributed by atoms with Gasteiger partial charge in [-0.05, 0) is 56.9 Å². The molecule has 2 aliphatic rings. The van der Waals surface area contributed by atoms with Crippen LogP contribution >= 0.6 is 34.3 Å². The lowest BCUT2D eigenvalue weighted by molar-refractivity contribution is -0.145. The Hall–Kier alpha value is -1.99. The first-order valence-electron chi connectivity index (χ1n) is 11.3. The molecule has 0 unspecified atom stereocenters. The van der Waals surface area contributed by atoms with E-state index in [1.165, 1.54) is 22.3 Å². The number of nitrogens with zero attached hydrogens (tertiary/aromatic N) is 3. The second-order valence-electron chi connectivity index (χ2n) is 8.56. The van der Waals surface area contributed by atoms with Gasteiger partial charge in [-0.15, -0.1) is 22.7 Å². The molecule has 2 aromatic heterocycles. The number of hydrogen-bond acceptors (Lipinski definition) is 7. The Bertz CT molecular complexity index is 1220. The van der Waals surface area contributed by atoms with Crippen LogP contribution in [0.5, 0.6) is 0 Å². The van der Waals surface area contributed by atoms with Crippen molar-refractivity contribution in [3.63, 3.8) is 0 Å². The maximum atomic E-state index is 13.5. The molecule has 2 atom stereocenters. The van der Waals surface area contributed by atoms with Gasteiger partial charge in [-0.25, -0.2) is 8.42 Å². The van der Waals surface area contributed by atoms with Crippen LogP contribution in [0.25, 0.3) is 9.75 Å². The average Bonchev–Trinajstić information content (AvgIpc) is 3.57. The molecule has 9 nitrogen and oxygen atoms in total. The molecule has 2 saturated heterocycles. The van der Waals surface area contributed by atoms with E-state index in [1.807, 2.05) is 0 Å². The summed E-state index contributed by atoms with van der Waals surface area (Å²) in [6.07, 6.45) is 3.01. The molecule has 2 aliphatic heterocycles. The third-order valence-electron chi connectivity index (χ3n) is 6.30. The molecule has 4 heterocycles. The second kappa shape index (κ2) is 10.6. The van der Waals surface area contributed by atoms with E-state index in [0.29, 0.717) is 22.3 Å². The highest BCUT2D eigenvalue weighted by molar-refractivity contribution is 7.91. The van der Waals surface area contributed by atoms with Gasteiger partial charge in [0.25, 0.3) is 10.0 Å². The molecule has 0 saturated carbocycles. The molecule has 35 heavy (non-hydrogen) atoms. The lowest BCUT2D eigenvalue weighted by atomic mass is 10.1. The van der Waals surface area contributed by atoms with E-state index in [-0.39, 0.29) is 23.1 Å². The molecule has 2 aromatic rings. The fourth-order valence-corrected chi connectivity index (χ4v) is 8.63. The minimum Gasteiger partial charge on any atom is -0.480 e. The monoisotopic (exact) mass is 559 g/mol. The molecule has 1 N–H and O–H groups in total. The first-order chi connectivity index (χ1) is 16.6. The van der Waals surface area contributed by atoms with Crippen molar-refractivity contribution >= 4 is 62.1 Å². The number of aliphatic carboxylic acids is 1. The van der Waals surface area contributed by atoms with E-state index >= 15 is 0 Å². The smallest absolute Gasteiger partial charge is 0.318 e. The predicted molar refractivity (Wildman–Crippen MR) is 134 cm³/mol. The van der Waals surface area contributed by atoms with Crippen LogP contribution in [-0.4, -0.2) is 83.7 Å². The third-order valence-corrected chi connectivity index (χ3v) is 11.1. The molecule has 0 radical (unpaired) electrons. The van der Waals surface area contributed by atoms with Crippen molar-refractivity contribution in [2.75, 3.05) is 26.2 Å². The number of sulfonamides is 1. The zero-order valence-corrected chi connectivity index (χ0v) is 22.3. The van der Waals surface area contributed by atoms with Crippen LogP contribution in [0.1, 0.15) is 32.6 Å². The molecule has 13 heteroatoms. The summed E-state index contributed by atoms with van der Waals surface area (Å²) in [7, 11) is -4.28. The number of carbonyl (C=O) groups excluding carboxylic acids is 2. The Kier molecular flexibility index (Phi) is 7.86. The second-order valence-corrected chi connectivity index (χ2v) is 13.5. The number of carboxylic acid groups (broad SMARTS) is 1. The first kappa shape index (κ1) is 26.1. The van der Waals surface area contributed by atoms with Crippen LogP contribution in [0, 0.1) is 0 Å². The predicted octanol–water partition coefficient (Wildman–Crippen LogP) is 3.21. The topological polar surface area (TPSA) is 115 Å². The number of carbonyl (C=O) groups is 3. The quantitative estimate of drug-likeness (QED) is 0.531. The number of amides is 2. The largest absolute Gasteiger partial charge is 0.480 e. The van der Waals surface area contributed by atoms with Gasteiger partial charge in [-0.1, -0.05) is 11.6 Å². The van der Waals surface area contributed by atoms with Crippen molar-refractivity contribution in [2.45, 2.75) is 48.9 Å². The van der Waals surface area contributed by atoms with Crippen LogP contribution < -0.4 is 0 Å². The number of piperidine rings is 1. The van der Waals surface area contributed by atoms with Crippen molar-refractivity contribution in [2.24, 2.45) is 0 Å². The Morgan fingerprint density at radius 3 is 2.40 bits per heavy atom. The number of hydrogen-bond donors (Lipinski definition) is 1. The summed E-state index contributed by atoms with van der Waals surface area (Å²) in [4.78, 5) is 42.4. The molecule has 2 fully saturated rings. The zero-order chi connectivity index (χ0) is 25.3. The van der Waals surface area contributed by atoms with E-state index in [9.17, 15) is 27.9 Å². The summed E-state index contributed by atoms with van der Waals surface area (Å²) >= 11 is 8.29. The van der Waals surface area contributed by atoms with E-state index in [4.69, 9.17) is 11.6 Å². The fourth-order valence-electron chi connectivity index (χ4n) is 4.50. The van der Waals surface area contributed by atoms with Gasteiger partial charge in [0.05, 0.1) is 4.34 Å². The summed E-state index contributed by atoms with van der Waals surface area (Å²) in [5.74, 6) is -2.07. The van der Waals surface area contributed by atoms with Crippen molar-refractivity contribution in [1.29, 1.82) is 0 Å². The lowest BCUT2D eigenvalue weighted by Gasteiger charge is -2.33. The van der Waals surface area contributed by atoms with Gasteiger partial charge in [0.1, 0.15) is 22.8 Å². The minimum atomic E-state index is -4.28. The maximum Gasteiger partial charge on any atom is 0.318 e. The summed E-state index contributed by atoms with van der Waals surface area (Å²) in [6.45, 7) is 2.26. The van der Waals surface area contributed by atoms with E-state index < -0.39 is 40.5 Å². The molecule has 190 valence electrons. The SMILES string of the molecule is C[C@@H](C(=O)N1CCCCC1)N1CC[C@H](N(CC(=O)O)S(=O)(=O)c2ccc(-c3ccc(Cl)s3)s2)C1=O. The Labute approximate surface area is 216 Å². The Morgan fingerprint density at radius 1 is 1.11 bits per heavy atom. The van der Waals surface area contributed by atoms with Gasteiger partial charge in [0.15, 0.2) is 0 Å². The van der Waals surface area contributed by atoms with Crippen molar-refractivity contribution < 1.29 is 27.9 Å². The molecule has 2 amide bonds. The zero-order valence-electron chi connectivity index (χ0n) is 19.1. The highest BCUT2D eigenvalue weighted by Gasteiger charge is 2.46. The number of rotatable bonds is 8. The van der Waals surface area contributed by atoms with Crippen molar-refractivity contribution in [3.05, 3.63) is 28.6 Å². The summed E-state index contributed by atoms with van der Waals surface area (Å²) in [6, 6.07) is 4.62. The van der Waals surface area contributed by atoms with E-state index in [0.717, 1.165) is 39.8 Å². The third kappa shape index (κ3) is 5.41. The number of thiophene rings is 2. The Balaban J connectivity index is 1.56. The van der Waals surface area contributed by atoms with Crippen LogP contribution in [0.15, 0.2) is 28.5 Å². The van der Waals surface area contributed by atoms with Gasteiger partial charge < -0.3 is 14.9 Å². The molecule has 0 spiro atoms. The molecular formula is C22H26ClN3O6S3. The highest BCUT2D eigenvalue weighted by Crippen LogP contribution is 2.38. The highest BCUT2D eigenvalue weighted by atomic mass is 35.5. The van der Waals surface area contributed by atoms with Gasteiger partial charge in [-0.2, -0.15) is 4.31 Å². The number of halogens is 1. The van der Waals surface area contributed by atoms with Crippen molar-refractivity contribution in [1.82, 2.24) is 14.1 Å². The minimum absolute atomic E-state index is 0.0537. The summed E-state index contributed by atoms with van der Waals surface area (Å²) in [5.41, 5.74) is 0. The summed E-state index contributed by atoms with van der Waals surface area (Å²) < 4.78 is 28.3. The summed E-state index contributed by atoms with van der Waals surface area (Å²) in [5, 5.41) is 9.46. The molecule has 0 bridgehead atoms. The van der Waals surface area contributed by atoms with Crippen LogP contribution in [0.2, 0.25) is 4.34 Å². The number of carboxylic acids is 1. The maximum absolute atomic E-state index is 13.5. The van der Waals surface area contributed by atoms with E-state index in [2.05, 4.69) is 0 Å². The van der Waals surface area contributed by atoms with Gasteiger partial charge >= 0.3 is 5.97 Å². The van der Waals surface area contributed by atoms with Gasteiger partial charge in [0, 0.05) is 29.4 Å². The molecule has 0 aliphatic carbocycles. The average molecular weight is 560 g/mol.